The summed E-state index contributed by atoms with van der Waals surface area (Å²) in [6, 6.07) is 14.4. The summed E-state index contributed by atoms with van der Waals surface area (Å²) in [4.78, 5) is 11.5. The van der Waals surface area contributed by atoms with Crippen molar-refractivity contribution in [1.29, 1.82) is 0 Å². The van der Waals surface area contributed by atoms with E-state index in [-0.39, 0.29) is 31.5 Å². The van der Waals surface area contributed by atoms with Crippen LogP contribution in [0.5, 0.6) is 17.4 Å². The Hall–Kier alpha value is -4.14. The first-order valence-electron chi connectivity index (χ1n) is 10.4. The van der Waals surface area contributed by atoms with E-state index in [4.69, 9.17) is 23.5 Å². The SMILES string of the molecule is CCOC(=O)COc1noc2ccc(COc3ccc(-c4cc(F)c(F)cc4OC)cc3)cc12. The molecule has 4 rings (SSSR count). The van der Waals surface area contributed by atoms with E-state index in [1.165, 1.54) is 7.11 Å². The molecule has 0 fully saturated rings. The topological polar surface area (TPSA) is 80.0 Å². The molecule has 3 aromatic carbocycles. The van der Waals surface area contributed by atoms with Crippen LogP contribution in [-0.4, -0.2) is 31.4 Å². The van der Waals surface area contributed by atoms with Gasteiger partial charge in [0.2, 0.25) is 0 Å². The lowest BCUT2D eigenvalue weighted by atomic mass is 10.0. The predicted octanol–water partition coefficient (Wildman–Crippen LogP) is 5.30. The van der Waals surface area contributed by atoms with Crippen LogP contribution in [0.1, 0.15) is 12.5 Å². The minimum absolute atomic E-state index is 0.190. The highest BCUT2D eigenvalue weighted by atomic mass is 19.2. The molecular weight excluding hydrogens is 448 g/mol. The van der Waals surface area contributed by atoms with Gasteiger partial charge in [-0.1, -0.05) is 18.2 Å². The molecule has 0 aliphatic rings. The molecule has 1 aromatic heterocycles. The zero-order valence-electron chi connectivity index (χ0n) is 18.5. The van der Waals surface area contributed by atoms with Gasteiger partial charge < -0.3 is 23.5 Å². The van der Waals surface area contributed by atoms with Crippen molar-refractivity contribution in [2.24, 2.45) is 0 Å². The summed E-state index contributed by atoms with van der Waals surface area (Å²) in [6.07, 6.45) is 0. The average Bonchev–Trinajstić information content (AvgIpc) is 3.25. The molecule has 0 N–H and O–H groups in total. The van der Waals surface area contributed by atoms with Gasteiger partial charge in [-0.3, -0.25) is 0 Å². The van der Waals surface area contributed by atoms with Crippen molar-refractivity contribution in [1.82, 2.24) is 5.16 Å². The van der Waals surface area contributed by atoms with Gasteiger partial charge in [-0.25, -0.2) is 13.6 Å². The van der Waals surface area contributed by atoms with E-state index in [1.54, 1.807) is 43.3 Å². The molecule has 0 bridgehead atoms. The zero-order chi connectivity index (χ0) is 24.1. The molecule has 0 saturated heterocycles. The number of methoxy groups -OCH3 is 1. The molecule has 34 heavy (non-hydrogen) atoms. The Labute approximate surface area is 193 Å². The van der Waals surface area contributed by atoms with Crippen LogP contribution in [-0.2, 0) is 16.1 Å². The molecule has 0 aliphatic carbocycles. The maximum absolute atomic E-state index is 13.7. The lowest BCUT2D eigenvalue weighted by molar-refractivity contribution is -0.145. The summed E-state index contributed by atoms with van der Waals surface area (Å²) in [5.74, 6) is -1.42. The van der Waals surface area contributed by atoms with Gasteiger partial charge in [-0.15, -0.1) is 0 Å². The fourth-order valence-corrected chi connectivity index (χ4v) is 3.31. The maximum Gasteiger partial charge on any atom is 0.344 e. The minimum Gasteiger partial charge on any atom is -0.496 e. The Morgan fingerprint density at radius 2 is 1.76 bits per heavy atom. The van der Waals surface area contributed by atoms with Gasteiger partial charge in [-0.05, 0) is 53.5 Å². The number of carbonyl (C=O) groups is 1. The minimum atomic E-state index is -0.972. The number of rotatable bonds is 9. The molecule has 0 saturated carbocycles. The Kier molecular flexibility index (Phi) is 6.91. The van der Waals surface area contributed by atoms with E-state index in [9.17, 15) is 13.6 Å². The van der Waals surface area contributed by atoms with Crippen LogP contribution in [0, 0.1) is 11.6 Å². The summed E-state index contributed by atoms with van der Waals surface area (Å²) in [5, 5.41) is 4.45. The van der Waals surface area contributed by atoms with E-state index < -0.39 is 17.6 Å². The van der Waals surface area contributed by atoms with Gasteiger partial charge in [0.15, 0.2) is 23.8 Å². The van der Waals surface area contributed by atoms with E-state index in [0.717, 1.165) is 17.7 Å². The van der Waals surface area contributed by atoms with Crippen LogP contribution in [0.4, 0.5) is 8.78 Å². The van der Waals surface area contributed by atoms with Crippen molar-refractivity contribution in [3.05, 3.63) is 71.8 Å². The molecule has 0 unspecified atom stereocenters. The van der Waals surface area contributed by atoms with Gasteiger partial charge in [-0.2, -0.15) is 0 Å². The molecule has 4 aromatic rings. The maximum atomic E-state index is 13.7. The smallest absolute Gasteiger partial charge is 0.344 e. The third-order valence-electron chi connectivity index (χ3n) is 4.95. The molecular formula is C25H21F2NO6. The number of fused-ring (bicyclic) bond motifs is 1. The zero-order valence-corrected chi connectivity index (χ0v) is 18.5. The number of benzene rings is 3. The van der Waals surface area contributed by atoms with Crippen molar-refractivity contribution in [2.75, 3.05) is 20.3 Å². The number of aromatic nitrogens is 1. The fraction of sp³-hybridized carbons (Fsp3) is 0.200. The molecule has 0 amide bonds. The Morgan fingerprint density at radius 1 is 1.00 bits per heavy atom. The van der Waals surface area contributed by atoms with Crippen LogP contribution < -0.4 is 14.2 Å². The highest BCUT2D eigenvalue weighted by Gasteiger charge is 2.14. The first-order valence-corrected chi connectivity index (χ1v) is 10.4. The lowest BCUT2D eigenvalue weighted by Crippen LogP contribution is -2.14. The van der Waals surface area contributed by atoms with Crippen molar-refractivity contribution < 1.29 is 37.0 Å². The third-order valence-corrected chi connectivity index (χ3v) is 4.95. The summed E-state index contributed by atoms with van der Waals surface area (Å²) in [7, 11) is 1.40. The number of halogens is 2. The van der Waals surface area contributed by atoms with Crippen LogP contribution >= 0.6 is 0 Å². The standard InChI is InChI=1S/C25H21F2NO6/c1-3-31-24(29)14-33-25-19-10-15(4-9-22(19)34-28-25)13-32-17-7-5-16(6-8-17)18-11-20(26)21(27)12-23(18)30-2/h4-12H,3,13-14H2,1-2H3. The summed E-state index contributed by atoms with van der Waals surface area (Å²) < 4.78 is 53.7. The van der Waals surface area contributed by atoms with E-state index >= 15 is 0 Å². The third kappa shape index (κ3) is 5.09. The van der Waals surface area contributed by atoms with Crippen LogP contribution in [0.3, 0.4) is 0 Å². The van der Waals surface area contributed by atoms with Crippen LogP contribution in [0.15, 0.2) is 59.1 Å². The van der Waals surface area contributed by atoms with Crippen LogP contribution in [0.2, 0.25) is 0 Å². The Morgan fingerprint density at radius 3 is 2.50 bits per heavy atom. The first kappa shape index (κ1) is 23.0. The van der Waals surface area contributed by atoms with Crippen molar-refractivity contribution in [3.63, 3.8) is 0 Å². The quantitative estimate of drug-likeness (QED) is 0.308. The number of esters is 1. The monoisotopic (exact) mass is 469 g/mol. The number of nitrogens with zero attached hydrogens (tertiary/aromatic N) is 1. The van der Waals surface area contributed by atoms with Gasteiger partial charge in [0.05, 0.1) is 19.1 Å². The predicted molar refractivity (Wildman–Crippen MR) is 119 cm³/mol. The second kappa shape index (κ2) is 10.2. The molecule has 0 atom stereocenters. The van der Waals surface area contributed by atoms with Crippen molar-refractivity contribution in [3.8, 4) is 28.5 Å². The largest absolute Gasteiger partial charge is 0.496 e. The van der Waals surface area contributed by atoms with E-state index in [0.29, 0.717) is 27.8 Å². The molecule has 0 radical (unpaired) electrons. The first-order chi connectivity index (χ1) is 16.5. The molecule has 1 heterocycles. The van der Waals surface area contributed by atoms with E-state index in [2.05, 4.69) is 5.16 Å². The summed E-state index contributed by atoms with van der Waals surface area (Å²) in [5.41, 5.74) is 2.41. The molecule has 176 valence electrons. The second-order valence-electron chi connectivity index (χ2n) is 7.19. The fourth-order valence-electron chi connectivity index (χ4n) is 3.31. The van der Waals surface area contributed by atoms with Gasteiger partial charge >= 0.3 is 5.97 Å². The molecule has 0 spiro atoms. The highest BCUT2D eigenvalue weighted by Crippen LogP contribution is 2.33. The van der Waals surface area contributed by atoms with Gasteiger partial charge in [0.1, 0.15) is 18.1 Å². The number of hydrogen-bond donors (Lipinski definition) is 0. The van der Waals surface area contributed by atoms with Gasteiger partial charge in [0.25, 0.3) is 5.88 Å². The number of hydrogen-bond acceptors (Lipinski definition) is 7. The van der Waals surface area contributed by atoms with E-state index in [1.807, 2.05) is 6.07 Å². The Bertz CT molecular complexity index is 1300. The van der Waals surface area contributed by atoms with Crippen LogP contribution in [0.25, 0.3) is 22.1 Å². The Balaban J connectivity index is 1.44. The van der Waals surface area contributed by atoms with Crippen molar-refractivity contribution >= 4 is 16.9 Å². The lowest BCUT2D eigenvalue weighted by Gasteiger charge is -2.11. The van der Waals surface area contributed by atoms with Crippen molar-refractivity contribution in [2.45, 2.75) is 13.5 Å². The highest BCUT2D eigenvalue weighted by molar-refractivity contribution is 5.83. The molecule has 0 aliphatic heterocycles. The summed E-state index contributed by atoms with van der Waals surface area (Å²) in [6.45, 7) is 1.94. The van der Waals surface area contributed by atoms with Gasteiger partial charge in [0, 0.05) is 11.6 Å². The molecule has 9 heteroatoms. The average molecular weight is 469 g/mol. The number of carbonyl (C=O) groups excluding carboxylic acids is 1. The number of ether oxygens (including phenoxy) is 4. The molecule has 7 nitrogen and oxygen atoms in total. The second-order valence-corrected chi connectivity index (χ2v) is 7.19. The summed E-state index contributed by atoms with van der Waals surface area (Å²) >= 11 is 0. The normalized spacial score (nSPS) is 10.8.